The molecule has 0 radical (unpaired) electrons. The van der Waals surface area contributed by atoms with Crippen molar-refractivity contribution < 1.29 is 47.9 Å². The summed E-state index contributed by atoms with van der Waals surface area (Å²) in [5.74, 6) is -2.55. The van der Waals surface area contributed by atoms with Gasteiger partial charge in [-0.3, -0.25) is 9.59 Å². The van der Waals surface area contributed by atoms with Crippen LogP contribution in [0.25, 0.3) is 0 Å². The minimum atomic E-state index is -1.35. The zero-order chi connectivity index (χ0) is 24.6. The van der Waals surface area contributed by atoms with Gasteiger partial charge in [-0.15, -0.1) is 0 Å². The maximum atomic E-state index is 13.1. The van der Waals surface area contributed by atoms with E-state index in [1.807, 2.05) is 0 Å². The Morgan fingerprint density at radius 3 is 1.82 bits per heavy atom. The lowest BCUT2D eigenvalue weighted by Crippen LogP contribution is -2.43. The van der Waals surface area contributed by atoms with Crippen LogP contribution in [0.4, 0.5) is 0 Å². The molecule has 10 nitrogen and oxygen atoms in total. The third-order valence-corrected chi connectivity index (χ3v) is 6.31. The Balaban J connectivity index is 2.03. The molecule has 1 aliphatic carbocycles. The number of benzene rings is 2. The first kappa shape index (κ1) is 23.5. The van der Waals surface area contributed by atoms with Crippen LogP contribution in [-0.2, 0) is 19.1 Å². The molecule has 10 heteroatoms. The molecule has 0 amide bonds. The van der Waals surface area contributed by atoms with Crippen LogP contribution in [0.5, 0.6) is 28.7 Å². The second kappa shape index (κ2) is 9.30. The number of methoxy groups -OCH3 is 5. The summed E-state index contributed by atoms with van der Waals surface area (Å²) >= 11 is 0. The predicted molar refractivity (Wildman–Crippen MR) is 116 cm³/mol. The Hall–Kier alpha value is -3.66. The molecular formula is C24H26O10. The Morgan fingerprint density at radius 2 is 1.32 bits per heavy atom. The van der Waals surface area contributed by atoms with Gasteiger partial charge >= 0.3 is 11.9 Å². The molecule has 4 atom stereocenters. The first-order valence-corrected chi connectivity index (χ1v) is 10.5. The molecule has 0 aromatic heterocycles. The number of carbonyl (C=O) groups is 2. The molecule has 2 aromatic carbocycles. The van der Waals surface area contributed by atoms with Gasteiger partial charge in [-0.25, -0.2) is 0 Å². The van der Waals surface area contributed by atoms with E-state index in [1.54, 1.807) is 24.3 Å². The number of aliphatic hydroxyl groups excluding tert-OH is 1. The van der Waals surface area contributed by atoms with Crippen molar-refractivity contribution in [1.82, 2.24) is 0 Å². The van der Waals surface area contributed by atoms with E-state index >= 15 is 0 Å². The Bertz CT molecular complexity index is 1090. The molecule has 182 valence electrons. The van der Waals surface area contributed by atoms with Crippen LogP contribution in [0, 0.1) is 11.8 Å². The summed E-state index contributed by atoms with van der Waals surface area (Å²) in [6.45, 7) is 0.0179. The summed E-state index contributed by atoms with van der Waals surface area (Å²) in [6, 6.07) is 6.72. The van der Waals surface area contributed by atoms with Crippen LogP contribution in [-0.4, -0.2) is 59.4 Å². The van der Waals surface area contributed by atoms with E-state index in [-0.39, 0.29) is 6.79 Å². The highest BCUT2D eigenvalue weighted by Gasteiger charge is 2.52. The van der Waals surface area contributed by atoms with Crippen LogP contribution in [0.15, 0.2) is 24.3 Å². The number of hydrogen-bond acceptors (Lipinski definition) is 10. The van der Waals surface area contributed by atoms with E-state index in [0.717, 1.165) is 0 Å². The van der Waals surface area contributed by atoms with Gasteiger partial charge in [-0.2, -0.15) is 0 Å². The van der Waals surface area contributed by atoms with Gasteiger partial charge in [0.1, 0.15) is 5.92 Å². The largest absolute Gasteiger partial charge is 0.493 e. The van der Waals surface area contributed by atoms with Crippen LogP contribution in [0.3, 0.4) is 0 Å². The summed E-state index contributed by atoms with van der Waals surface area (Å²) in [7, 11) is 6.87. The highest BCUT2D eigenvalue weighted by molar-refractivity contribution is 5.85. The lowest BCUT2D eigenvalue weighted by molar-refractivity contribution is -0.164. The zero-order valence-corrected chi connectivity index (χ0v) is 19.4. The van der Waals surface area contributed by atoms with Crippen molar-refractivity contribution in [2.75, 3.05) is 42.3 Å². The van der Waals surface area contributed by atoms with Gasteiger partial charge in [-0.05, 0) is 41.0 Å². The van der Waals surface area contributed by atoms with Crippen LogP contribution < -0.4 is 23.7 Å². The number of esters is 2. The summed E-state index contributed by atoms with van der Waals surface area (Å²) in [6.07, 6.45) is -1.35. The Morgan fingerprint density at radius 1 is 0.794 bits per heavy atom. The maximum Gasteiger partial charge on any atom is 0.312 e. The van der Waals surface area contributed by atoms with Crippen molar-refractivity contribution in [3.8, 4) is 28.7 Å². The van der Waals surface area contributed by atoms with E-state index in [4.69, 9.17) is 33.2 Å². The number of carbonyl (C=O) groups excluding carboxylic acids is 2. The van der Waals surface area contributed by atoms with E-state index in [9.17, 15) is 14.7 Å². The lowest BCUT2D eigenvalue weighted by Gasteiger charge is -2.40. The van der Waals surface area contributed by atoms with Crippen LogP contribution in [0.1, 0.15) is 28.7 Å². The fraction of sp³-hybridized carbons (Fsp3) is 0.417. The minimum Gasteiger partial charge on any atom is -0.493 e. The normalized spacial score (nSPS) is 22.4. The SMILES string of the molecule is COC(=O)[C@@H]1[C@H](c2cc(OC)c(OC)c(OC)c2)c2cc3c(cc2[C@@H](O)[C@@H]1C(=O)OC)OCO3. The van der Waals surface area contributed by atoms with E-state index < -0.39 is 35.8 Å². The van der Waals surface area contributed by atoms with Crippen molar-refractivity contribution in [3.05, 3.63) is 41.0 Å². The van der Waals surface area contributed by atoms with Gasteiger partial charge in [0.2, 0.25) is 12.5 Å². The van der Waals surface area contributed by atoms with Crippen molar-refractivity contribution in [1.29, 1.82) is 0 Å². The molecule has 0 saturated heterocycles. The first-order chi connectivity index (χ1) is 16.4. The molecule has 0 spiro atoms. The Kier molecular flexibility index (Phi) is 6.43. The first-order valence-electron chi connectivity index (χ1n) is 10.5. The van der Waals surface area contributed by atoms with E-state index in [1.165, 1.54) is 35.5 Å². The van der Waals surface area contributed by atoms with Crippen molar-refractivity contribution >= 4 is 11.9 Å². The third kappa shape index (κ3) is 3.63. The van der Waals surface area contributed by atoms with Gasteiger partial charge in [0.05, 0.1) is 47.6 Å². The minimum absolute atomic E-state index is 0.0179. The van der Waals surface area contributed by atoms with Gasteiger partial charge in [0.15, 0.2) is 23.0 Å². The molecule has 1 aliphatic heterocycles. The van der Waals surface area contributed by atoms with Crippen LogP contribution in [0.2, 0.25) is 0 Å². The highest BCUT2D eigenvalue weighted by atomic mass is 16.7. The van der Waals surface area contributed by atoms with Gasteiger partial charge in [0.25, 0.3) is 0 Å². The average molecular weight is 474 g/mol. The van der Waals surface area contributed by atoms with E-state index in [0.29, 0.717) is 45.4 Å². The predicted octanol–water partition coefficient (Wildman–Crippen LogP) is 2.20. The molecule has 34 heavy (non-hydrogen) atoms. The second-order valence-electron chi connectivity index (χ2n) is 7.81. The molecule has 2 aliphatic rings. The number of fused-ring (bicyclic) bond motifs is 2. The molecule has 0 bridgehead atoms. The standard InChI is InChI=1S/C24H26O10/c1-28-16-6-11(7-17(29-2)22(16)30-3)18-12-8-14-15(34-10-33-14)9-13(12)21(25)20(24(27)32-5)19(18)23(26)31-4/h6-9,18-21,25H,10H2,1-5H3/t18-,19-,20-,21-/m1/s1. The molecule has 0 saturated carbocycles. The molecule has 2 aromatic rings. The van der Waals surface area contributed by atoms with Gasteiger partial charge < -0.3 is 38.3 Å². The summed E-state index contributed by atoms with van der Waals surface area (Å²) in [4.78, 5) is 26.0. The van der Waals surface area contributed by atoms with Crippen molar-refractivity contribution in [2.45, 2.75) is 12.0 Å². The zero-order valence-electron chi connectivity index (χ0n) is 19.4. The van der Waals surface area contributed by atoms with Crippen molar-refractivity contribution in [3.63, 3.8) is 0 Å². The van der Waals surface area contributed by atoms with Gasteiger partial charge in [0, 0.05) is 5.92 Å². The van der Waals surface area contributed by atoms with Crippen molar-refractivity contribution in [2.24, 2.45) is 11.8 Å². The number of ether oxygens (including phenoxy) is 7. The molecule has 1 heterocycles. The smallest absolute Gasteiger partial charge is 0.312 e. The summed E-state index contributed by atoms with van der Waals surface area (Å²) in [5.41, 5.74) is 1.56. The maximum absolute atomic E-state index is 13.1. The molecular weight excluding hydrogens is 448 g/mol. The monoisotopic (exact) mass is 474 g/mol. The fourth-order valence-corrected chi connectivity index (χ4v) is 4.79. The molecule has 1 N–H and O–H groups in total. The second-order valence-corrected chi connectivity index (χ2v) is 7.81. The molecule has 0 unspecified atom stereocenters. The highest BCUT2D eigenvalue weighted by Crippen LogP contribution is 2.54. The number of rotatable bonds is 6. The molecule has 0 fully saturated rings. The topological polar surface area (TPSA) is 119 Å². The third-order valence-electron chi connectivity index (χ3n) is 6.31. The van der Waals surface area contributed by atoms with Crippen LogP contribution >= 0.6 is 0 Å². The average Bonchev–Trinajstić information content (AvgIpc) is 3.33. The Labute approximate surface area is 196 Å². The molecule has 4 rings (SSSR count). The number of hydrogen-bond donors (Lipinski definition) is 1. The number of aliphatic hydroxyl groups is 1. The quantitative estimate of drug-likeness (QED) is 0.624. The van der Waals surface area contributed by atoms with Gasteiger partial charge in [-0.1, -0.05) is 0 Å². The summed E-state index contributed by atoms with van der Waals surface area (Å²) < 4.78 is 37.5. The van der Waals surface area contributed by atoms with E-state index in [2.05, 4.69) is 0 Å². The lowest BCUT2D eigenvalue weighted by atomic mass is 9.65. The summed E-state index contributed by atoms with van der Waals surface area (Å²) in [5, 5.41) is 11.2. The fourth-order valence-electron chi connectivity index (χ4n) is 4.79.